The van der Waals surface area contributed by atoms with Crippen LogP contribution in [0.2, 0.25) is 0 Å². The second-order valence-electron chi connectivity index (χ2n) is 6.99. The standard InChI is InChI=1S/C23H20N4O2/c28-22-20-19(18-8-6-17(7-9-18)16-4-2-1-3-5-16)10-11-24-21(20)25-23(26-22)27-12-14-29-15-13-27/h1-11H,12-15H2,(H,24,25,26,28). The summed E-state index contributed by atoms with van der Waals surface area (Å²) in [6, 6.07) is 20.3. The molecule has 4 aromatic rings. The van der Waals surface area contributed by atoms with Crippen LogP contribution < -0.4 is 10.5 Å². The molecule has 0 unspecified atom stereocenters. The molecular weight excluding hydrogens is 364 g/mol. The second kappa shape index (κ2) is 7.48. The highest BCUT2D eigenvalue weighted by molar-refractivity contribution is 5.92. The number of pyridine rings is 1. The van der Waals surface area contributed by atoms with Crippen LogP contribution in [0.1, 0.15) is 0 Å². The molecule has 29 heavy (non-hydrogen) atoms. The van der Waals surface area contributed by atoms with Crippen molar-refractivity contribution in [2.24, 2.45) is 0 Å². The Morgan fingerprint density at radius 3 is 2.31 bits per heavy atom. The van der Waals surface area contributed by atoms with Crippen LogP contribution in [0.25, 0.3) is 33.3 Å². The normalized spacial score (nSPS) is 14.3. The van der Waals surface area contributed by atoms with E-state index in [9.17, 15) is 4.79 Å². The van der Waals surface area contributed by atoms with Crippen LogP contribution in [-0.2, 0) is 4.74 Å². The molecule has 0 aliphatic carbocycles. The average Bonchev–Trinajstić information content (AvgIpc) is 2.80. The zero-order chi connectivity index (χ0) is 19.6. The van der Waals surface area contributed by atoms with Gasteiger partial charge >= 0.3 is 0 Å². The van der Waals surface area contributed by atoms with Gasteiger partial charge in [0.15, 0.2) is 5.65 Å². The number of ether oxygens (including phenoxy) is 1. The number of fused-ring (bicyclic) bond motifs is 1. The van der Waals surface area contributed by atoms with E-state index in [1.807, 2.05) is 41.3 Å². The molecule has 0 saturated carbocycles. The molecule has 1 fully saturated rings. The number of nitrogens with zero attached hydrogens (tertiary/aromatic N) is 3. The van der Waals surface area contributed by atoms with E-state index in [0.29, 0.717) is 43.3 Å². The van der Waals surface area contributed by atoms with Gasteiger partial charge in [-0.25, -0.2) is 4.98 Å². The van der Waals surface area contributed by atoms with Crippen LogP contribution in [0.15, 0.2) is 71.7 Å². The van der Waals surface area contributed by atoms with Gasteiger partial charge in [0.1, 0.15) is 0 Å². The van der Waals surface area contributed by atoms with Gasteiger partial charge in [-0.3, -0.25) is 9.78 Å². The average molecular weight is 384 g/mol. The molecule has 1 aliphatic heterocycles. The fraction of sp³-hybridized carbons (Fsp3) is 0.174. The lowest BCUT2D eigenvalue weighted by Gasteiger charge is -2.27. The van der Waals surface area contributed by atoms with Crippen LogP contribution >= 0.6 is 0 Å². The molecule has 1 saturated heterocycles. The maximum Gasteiger partial charge on any atom is 0.262 e. The van der Waals surface area contributed by atoms with Gasteiger partial charge in [0, 0.05) is 19.3 Å². The van der Waals surface area contributed by atoms with E-state index in [2.05, 4.69) is 39.2 Å². The number of aromatic nitrogens is 3. The number of hydrogen-bond donors (Lipinski definition) is 1. The van der Waals surface area contributed by atoms with Crippen molar-refractivity contribution in [3.8, 4) is 22.3 Å². The van der Waals surface area contributed by atoms with Crippen molar-refractivity contribution < 1.29 is 4.74 Å². The summed E-state index contributed by atoms with van der Waals surface area (Å²) in [6.07, 6.45) is 1.71. The molecule has 2 aromatic carbocycles. The highest BCUT2D eigenvalue weighted by Crippen LogP contribution is 2.28. The third kappa shape index (κ3) is 3.39. The topological polar surface area (TPSA) is 71.1 Å². The van der Waals surface area contributed by atoms with E-state index in [1.54, 1.807) is 6.20 Å². The van der Waals surface area contributed by atoms with Gasteiger partial charge in [-0.15, -0.1) is 0 Å². The van der Waals surface area contributed by atoms with Crippen molar-refractivity contribution in [1.29, 1.82) is 0 Å². The van der Waals surface area contributed by atoms with Gasteiger partial charge in [-0.2, -0.15) is 4.98 Å². The van der Waals surface area contributed by atoms with Crippen molar-refractivity contribution in [2.45, 2.75) is 0 Å². The Labute approximate surface area is 167 Å². The Balaban J connectivity index is 1.56. The van der Waals surface area contributed by atoms with Gasteiger partial charge in [-0.05, 0) is 28.3 Å². The van der Waals surface area contributed by atoms with Crippen LogP contribution in [0, 0.1) is 0 Å². The maximum atomic E-state index is 12.9. The first-order valence-electron chi connectivity index (χ1n) is 9.67. The summed E-state index contributed by atoms with van der Waals surface area (Å²) < 4.78 is 5.38. The van der Waals surface area contributed by atoms with Gasteiger partial charge in [-0.1, -0.05) is 54.6 Å². The predicted molar refractivity (Wildman–Crippen MR) is 114 cm³/mol. The Morgan fingerprint density at radius 1 is 0.862 bits per heavy atom. The minimum atomic E-state index is -0.174. The lowest BCUT2D eigenvalue weighted by atomic mass is 9.99. The molecule has 0 atom stereocenters. The number of rotatable bonds is 3. The summed E-state index contributed by atoms with van der Waals surface area (Å²) in [5, 5.41) is 0.511. The molecule has 6 nitrogen and oxygen atoms in total. The summed E-state index contributed by atoms with van der Waals surface area (Å²) >= 11 is 0. The highest BCUT2D eigenvalue weighted by Gasteiger charge is 2.17. The fourth-order valence-corrected chi connectivity index (χ4v) is 3.69. The first-order chi connectivity index (χ1) is 14.3. The van der Waals surface area contributed by atoms with E-state index in [1.165, 1.54) is 0 Å². The van der Waals surface area contributed by atoms with E-state index >= 15 is 0 Å². The molecule has 0 bridgehead atoms. The molecule has 1 N–H and O–H groups in total. The number of H-pyrrole nitrogens is 1. The second-order valence-corrected chi connectivity index (χ2v) is 6.99. The van der Waals surface area contributed by atoms with Crippen molar-refractivity contribution in [1.82, 2.24) is 15.0 Å². The summed E-state index contributed by atoms with van der Waals surface area (Å²) in [7, 11) is 0. The molecule has 0 radical (unpaired) electrons. The van der Waals surface area contributed by atoms with E-state index < -0.39 is 0 Å². The minimum Gasteiger partial charge on any atom is -0.378 e. The van der Waals surface area contributed by atoms with Crippen LogP contribution in [0.5, 0.6) is 0 Å². The number of anilines is 1. The smallest absolute Gasteiger partial charge is 0.262 e. The van der Waals surface area contributed by atoms with Crippen LogP contribution in [0.3, 0.4) is 0 Å². The van der Waals surface area contributed by atoms with Crippen molar-refractivity contribution >= 4 is 17.0 Å². The number of aromatic amines is 1. The first kappa shape index (κ1) is 17.6. The molecule has 0 amide bonds. The largest absolute Gasteiger partial charge is 0.378 e. The lowest BCUT2D eigenvalue weighted by Crippen LogP contribution is -2.38. The molecular formula is C23H20N4O2. The van der Waals surface area contributed by atoms with Gasteiger partial charge in [0.25, 0.3) is 5.56 Å². The zero-order valence-corrected chi connectivity index (χ0v) is 15.8. The summed E-state index contributed by atoms with van der Waals surface area (Å²) in [4.78, 5) is 26.9. The summed E-state index contributed by atoms with van der Waals surface area (Å²) in [6.45, 7) is 2.66. The van der Waals surface area contributed by atoms with Crippen molar-refractivity contribution in [3.63, 3.8) is 0 Å². The molecule has 0 spiro atoms. The summed E-state index contributed by atoms with van der Waals surface area (Å²) in [5.41, 5.74) is 4.37. The Hall–Kier alpha value is -3.51. The highest BCUT2D eigenvalue weighted by atomic mass is 16.5. The minimum absolute atomic E-state index is 0.174. The van der Waals surface area contributed by atoms with E-state index in [0.717, 1.165) is 22.3 Å². The van der Waals surface area contributed by atoms with Gasteiger partial charge in [0.05, 0.1) is 18.6 Å². The van der Waals surface area contributed by atoms with Crippen LogP contribution in [0.4, 0.5) is 5.95 Å². The third-order valence-electron chi connectivity index (χ3n) is 5.21. The molecule has 144 valence electrons. The molecule has 3 heterocycles. The fourth-order valence-electron chi connectivity index (χ4n) is 3.69. The Morgan fingerprint density at radius 2 is 1.55 bits per heavy atom. The van der Waals surface area contributed by atoms with Gasteiger partial charge in [0.2, 0.25) is 5.95 Å². The van der Waals surface area contributed by atoms with E-state index in [-0.39, 0.29) is 5.56 Å². The molecule has 5 rings (SSSR count). The number of hydrogen-bond acceptors (Lipinski definition) is 5. The maximum absolute atomic E-state index is 12.9. The number of morpholine rings is 1. The predicted octanol–water partition coefficient (Wildman–Crippen LogP) is 3.49. The van der Waals surface area contributed by atoms with Gasteiger partial charge < -0.3 is 9.64 Å². The number of nitrogens with one attached hydrogen (secondary N) is 1. The Bertz CT molecular complexity index is 1200. The Kier molecular flexibility index (Phi) is 4.54. The quantitative estimate of drug-likeness (QED) is 0.585. The first-order valence-corrected chi connectivity index (χ1v) is 9.67. The molecule has 2 aromatic heterocycles. The zero-order valence-electron chi connectivity index (χ0n) is 15.8. The monoisotopic (exact) mass is 384 g/mol. The summed E-state index contributed by atoms with van der Waals surface area (Å²) in [5.74, 6) is 0.551. The lowest BCUT2D eigenvalue weighted by molar-refractivity contribution is 0.122. The molecule has 1 aliphatic rings. The SMILES string of the molecule is O=c1[nH]c(N2CCOCC2)nc2nccc(-c3ccc(-c4ccccc4)cc3)c12. The third-order valence-corrected chi connectivity index (χ3v) is 5.21. The van der Waals surface area contributed by atoms with Crippen LogP contribution in [-0.4, -0.2) is 41.3 Å². The van der Waals surface area contributed by atoms with E-state index in [4.69, 9.17) is 4.74 Å². The number of benzene rings is 2. The van der Waals surface area contributed by atoms with Crippen molar-refractivity contribution in [2.75, 3.05) is 31.2 Å². The van der Waals surface area contributed by atoms with Crippen molar-refractivity contribution in [3.05, 3.63) is 77.2 Å². The molecule has 6 heteroatoms.